The fourth-order valence-electron chi connectivity index (χ4n) is 1.89. The first-order valence-electron chi connectivity index (χ1n) is 6.96. The van der Waals surface area contributed by atoms with E-state index in [1.165, 1.54) is 18.7 Å². The zero-order chi connectivity index (χ0) is 16.2. The topological polar surface area (TPSA) is 72.0 Å². The van der Waals surface area contributed by atoms with E-state index in [0.717, 1.165) is 17.0 Å². The Labute approximate surface area is 130 Å². The molecule has 1 N–H and O–H groups in total. The molecule has 116 valence electrons. The number of Topliss-reactive ketones (excluding diaryl/α,β-unsaturated/α-hetero) is 1. The van der Waals surface area contributed by atoms with Gasteiger partial charge in [0, 0.05) is 11.4 Å². The van der Waals surface area contributed by atoms with Gasteiger partial charge in [-0.2, -0.15) is 0 Å². The van der Waals surface area contributed by atoms with Crippen molar-refractivity contribution in [2.24, 2.45) is 5.92 Å². The molecule has 6 heteroatoms. The molecule has 1 heterocycles. The maximum Gasteiger partial charge on any atom is 0.231 e. The van der Waals surface area contributed by atoms with E-state index in [1.807, 2.05) is 34.6 Å². The molecule has 1 rings (SSSR count). The van der Waals surface area contributed by atoms with E-state index in [4.69, 9.17) is 0 Å². The summed E-state index contributed by atoms with van der Waals surface area (Å²) in [4.78, 5) is 32.1. The molecule has 0 spiro atoms. The molecule has 0 aliphatic carbocycles. The minimum absolute atomic E-state index is 0.0263. The van der Waals surface area contributed by atoms with Crippen LogP contribution < -0.4 is 5.32 Å². The Morgan fingerprint density at radius 3 is 2.10 bits per heavy atom. The van der Waals surface area contributed by atoms with E-state index in [2.05, 4.69) is 15.3 Å². The molecule has 0 aromatic carbocycles. The third-order valence-corrected chi connectivity index (χ3v) is 4.21. The number of thioether (sulfide) groups is 1. The standard InChI is InChI=1S/C15H23N3O2S/c1-8(2)14(12(6)19)18-13(20)7-21-15-16-10(4)9(3)11(5)17-15/h8,14H,7H2,1-6H3,(H,18,20). The molecule has 0 aliphatic rings. The van der Waals surface area contributed by atoms with Gasteiger partial charge in [0.2, 0.25) is 5.91 Å². The van der Waals surface area contributed by atoms with Crippen LogP contribution in [0.25, 0.3) is 0 Å². The predicted molar refractivity (Wildman–Crippen MR) is 84.4 cm³/mol. The van der Waals surface area contributed by atoms with Crippen LogP contribution in [0, 0.1) is 26.7 Å². The number of hydrogen-bond acceptors (Lipinski definition) is 5. The van der Waals surface area contributed by atoms with E-state index < -0.39 is 6.04 Å². The molecule has 1 atom stereocenters. The Bertz CT molecular complexity index is 521. The summed E-state index contributed by atoms with van der Waals surface area (Å²) in [5.41, 5.74) is 2.92. The molecular weight excluding hydrogens is 286 g/mol. The van der Waals surface area contributed by atoms with E-state index in [1.54, 1.807) is 0 Å². The third-order valence-electron chi connectivity index (χ3n) is 3.37. The quantitative estimate of drug-likeness (QED) is 0.644. The minimum atomic E-state index is -0.430. The molecule has 0 saturated carbocycles. The van der Waals surface area contributed by atoms with E-state index in [0.29, 0.717) is 5.16 Å². The van der Waals surface area contributed by atoms with Crippen LogP contribution >= 0.6 is 11.8 Å². The third kappa shape index (κ3) is 5.12. The molecule has 1 amide bonds. The van der Waals surface area contributed by atoms with Gasteiger partial charge in [-0.15, -0.1) is 0 Å². The first-order chi connectivity index (χ1) is 9.72. The number of hydrogen-bond donors (Lipinski definition) is 1. The van der Waals surface area contributed by atoms with Crippen LogP contribution in [0.2, 0.25) is 0 Å². The summed E-state index contributed by atoms with van der Waals surface area (Å²) in [6.07, 6.45) is 0. The van der Waals surface area contributed by atoms with Gasteiger partial charge in [-0.05, 0) is 39.2 Å². The number of carbonyl (C=O) groups is 2. The molecule has 1 aromatic heterocycles. The number of carbonyl (C=O) groups excluding carboxylic acids is 2. The van der Waals surface area contributed by atoms with Gasteiger partial charge in [0.25, 0.3) is 0 Å². The number of aryl methyl sites for hydroxylation is 2. The van der Waals surface area contributed by atoms with Gasteiger partial charge in [-0.1, -0.05) is 25.6 Å². The fourth-order valence-corrected chi connectivity index (χ4v) is 2.64. The monoisotopic (exact) mass is 309 g/mol. The fraction of sp³-hybridized carbons (Fsp3) is 0.600. The number of nitrogens with zero attached hydrogens (tertiary/aromatic N) is 2. The molecule has 0 radical (unpaired) electrons. The molecule has 1 aromatic rings. The van der Waals surface area contributed by atoms with Crippen molar-refractivity contribution in [3.63, 3.8) is 0 Å². The van der Waals surface area contributed by atoms with Crippen molar-refractivity contribution < 1.29 is 9.59 Å². The Kier molecular flexibility index (Phi) is 6.33. The lowest BCUT2D eigenvalue weighted by atomic mass is 10.0. The van der Waals surface area contributed by atoms with Crippen molar-refractivity contribution in [2.75, 3.05) is 5.75 Å². The molecule has 0 aliphatic heterocycles. The smallest absolute Gasteiger partial charge is 0.231 e. The molecule has 0 fully saturated rings. The SMILES string of the molecule is CC(=O)C(NC(=O)CSc1nc(C)c(C)c(C)n1)C(C)C. The van der Waals surface area contributed by atoms with Crippen LogP contribution in [0.3, 0.4) is 0 Å². The Balaban J connectivity index is 2.63. The lowest BCUT2D eigenvalue weighted by molar-refractivity contribution is -0.126. The van der Waals surface area contributed by atoms with Gasteiger partial charge in [0.05, 0.1) is 11.8 Å². The zero-order valence-electron chi connectivity index (χ0n) is 13.5. The second-order valence-electron chi connectivity index (χ2n) is 5.49. The summed E-state index contributed by atoms with van der Waals surface area (Å²) < 4.78 is 0. The van der Waals surface area contributed by atoms with Crippen molar-refractivity contribution in [3.05, 3.63) is 17.0 Å². The summed E-state index contributed by atoms with van der Waals surface area (Å²) in [6, 6.07) is -0.430. The maximum atomic E-state index is 11.9. The van der Waals surface area contributed by atoms with Crippen LogP contribution in [0.1, 0.15) is 37.7 Å². The first kappa shape index (κ1) is 17.6. The second-order valence-corrected chi connectivity index (χ2v) is 6.43. The van der Waals surface area contributed by atoms with Crippen molar-refractivity contribution >= 4 is 23.5 Å². The summed E-state index contributed by atoms with van der Waals surface area (Å²) in [6.45, 7) is 11.2. The Morgan fingerprint density at radius 1 is 1.14 bits per heavy atom. The molecule has 1 unspecified atom stereocenters. The lowest BCUT2D eigenvalue weighted by Gasteiger charge is -2.19. The van der Waals surface area contributed by atoms with Gasteiger partial charge in [0.15, 0.2) is 10.9 Å². The largest absolute Gasteiger partial charge is 0.345 e. The van der Waals surface area contributed by atoms with Gasteiger partial charge >= 0.3 is 0 Å². The maximum absolute atomic E-state index is 11.9. The normalized spacial score (nSPS) is 12.3. The minimum Gasteiger partial charge on any atom is -0.345 e. The van der Waals surface area contributed by atoms with E-state index in [9.17, 15) is 9.59 Å². The highest BCUT2D eigenvalue weighted by Crippen LogP contribution is 2.17. The summed E-state index contributed by atoms with van der Waals surface area (Å²) in [5.74, 6) is 0.0879. The number of ketones is 1. The number of nitrogens with one attached hydrogen (secondary N) is 1. The summed E-state index contributed by atoms with van der Waals surface area (Å²) in [5, 5.41) is 3.35. The zero-order valence-corrected chi connectivity index (χ0v) is 14.3. The van der Waals surface area contributed by atoms with Crippen molar-refractivity contribution in [2.45, 2.75) is 52.7 Å². The van der Waals surface area contributed by atoms with Crippen LogP contribution in [0.4, 0.5) is 0 Å². The Morgan fingerprint density at radius 2 is 1.67 bits per heavy atom. The van der Waals surface area contributed by atoms with Crippen molar-refractivity contribution in [3.8, 4) is 0 Å². The Hall–Kier alpha value is -1.43. The summed E-state index contributed by atoms with van der Waals surface area (Å²) in [7, 11) is 0. The van der Waals surface area contributed by atoms with Gasteiger partial charge in [-0.25, -0.2) is 9.97 Å². The second kappa shape index (κ2) is 7.54. The van der Waals surface area contributed by atoms with Gasteiger partial charge in [-0.3, -0.25) is 9.59 Å². The van der Waals surface area contributed by atoms with Crippen molar-refractivity contribution in [1.29, 1.82) is 0 Å². The van der Waals surface area contributed by atoms with E-state index in [-0.39, 0.29) is 23.4 Å². The predicted octanol–water partition coefficient (Wildman–Crippen LogP) is 2.22. The molecule has 0 saturated heterocycles. The number of aromatic nitrogens is 2. The average molecular weight is 309 g/mol. The highest BCUT2D eigenvalue weighted by Gasteiger charge is 2.20. The summed E-state index contributed by atoms with van der Waals surface area (Å²) >= 11 is 1.29. The van der Waals surface area contributed by atoms with Crippen LogP contribution in [0.15, 0.2) is 5.16 Å². The highest BCUT2D eigenvalue weighted by atomic mass is 32.2. The molecule has 5 nitrogen and oxygen atoms in total. The first-order valence-corrected chi connectivity index (χ1v) is 7.95. The van der Waals surface area contributed by atoms with Crippen LogP contribution in [-0.2, 0) is 9.59 Å². The van der Waals surface area contributed by atoms with Crippen LogP contribution in [0.5, 0.6) is 0 Å². The van der Waals surface area contributed by atoms with Crippen molar-refractivity contribution in [1.82, 2.24) is 15.3 Å². The molecule has 0 bridgehead atoms. The van der Waals surface area contributed by atoms with Gasteiger partial charge < -0.3 is 5.32 Å². The number of rotatable bonds is 6. The number of amides is 1. The van der Waals surface area contributed by atoms with E-state index >= 15 is 0 Å². The average Bonchev–Trinajstić information content (AvgIpc) is 2.38. The molecule has 21 heavy (non-hydrogen) atoms. The highest BCUT2D eigenvalue weighted by molar-refractivity contribution is 7.99. The van der Waals surface area contributed by atoms with Gasteiger partial charge in [0.1, 0.15) is 0 Å². The van der Waals surface area contributed by atoms with Crippen LogP contribution in [-0.4, -0.2) is 33.5 Å². The molecular formula is C15H23N3O2S. The lowest BCUT2D eigenvalue weighted by Crippen LogP contribution is -2.44.